The molecule has 1 atom stereocenters. The fourth-order valence-electron chi connectivity index (χ4n) is 2.62. The number of nitrogens with one attached hydrogen (secondary N) is 3. The largest absolute Gasteiger partial charge is 0.357 e. The van der Waals surface area contributed by atoms with E-state index in [2.05, 4.69) is 27.8 Å². The van der Waals surface area contributed by atoms with Crippen molar-refractivity contribution in [3.8, 4) is 0 Å². The van der Waals surface area contributed by atoms with Gasteiger partial charge in [-0.25, -0.2) is 0 Å². The summed E-state index contributed by atoms with van der Waals surface area (Å²) in [6, 6.07) is 8.15. The second-order valence-electron chi connectivity index (χ2n) is 4.66. The molecule has 1 aromatic heterocycles. The van der Waals surface area contributed by atoms with Crippen molar-refractivity contribution in [1.29, 1.82) is 0 Å². The summed E-state index contributed by atoms with van der Waals surface area (Å²) in [4.78, 5) is 15.3. The van der Waals surface area contributed by atoms with Crippen LogP contribution in [0.25, 0.3) is 10.9 Å². The summed E-state index contributed by atoms with van der Waals surface area (Å²) in [5.41, 5.74) is 3.64. The lowest BCUT2D eigenvalue weighted by molar-refractivity contribution is -0.123. The van der Waals surface area contributed by atoms with Gasteiger partial charge in [0.05, 0.1) is 6.04 Å². The normalized spacial score (nSPS) is 18.6. The fraction of sp³-hybridized carbons (Fsp3) is 0.357. The highest BCUT2D eigenvalue weighted by molar-refractivity contribution is 5.88. The molecule has 1 amide bonds. The van der Waals surface area contributed by atoms with Crippen molar-refractivity contribution in [1.82, 2.24) is 15.6 Å². The summed E-state index contributed by atoms with van der Waals surface area (Å²) in [5.74, 6) is 0.0911. The lowest BCUT2D eigenvalue weighted by Crippen LogP contribution is -2.47. The van der Waals surface area contributed by atoms with E-state index < -0.39 is 0 Å². The van der Waals surface area contributed by atoms with E-state index in [-0.39, 0.29) is 11.9 Å². The highest BCUT2D eigenvalue weighted by Crippen LogP contribution is 2.26. The molecule has 4 heteroatoms. The Morgan fingerprint density at radius 2 is 2.28 bits per heavy atom. The number of rotatable bonds is 2. The average molecular weight is 243 g/mol. The maximum Gasteiger partial charge on any atom is 0.237 e. The zero-order chi connectivity index (χ0) is 12.5. The minimum atomic E-state index is -0.114. The first kappa shape index (κ1) is 11.3. The van der Waals surface area contributed by atoms with Crippen LogP contribution in [0.5, 0.6) is 0 Å². The topological polar surface area (TPSA) is 56.9 Å². The van der Waals surface area contributed by atoms with E-state index >= 15 is 0 Å². The Morgan fingerprint density at radius 1 is 1.44 bits per heavy atom. The van der Waals surface area contributed by atoms with Crippen LogP contribution in [0.4, 0.5) is 0 Å². The van der Waals surface area contributed by atoms with E-state index in [9.17, 15) is 4.79 Å². The van der Waals surface area contributed by atoms with Crippen LogP contribution in [0.1, 0.15) is 18.2 Å². The van der Waals surface area contributed by atoms with Crippen molar-refractivity contribution in [2.45, 2.75) is 25.9 Å². The first-order chi connectivity index (χ1) is 8.79. The van der Waals surface area contributed by atoms with Crippen LogP contribution < -0.4 is 10.6 Å². The summed E-state index contributed by atoms with van der Waals surface area (Å²) >= 11 is 0. The number of hydrogen-bond acceptors (Lipinski definition) is 2. The third kappa shape index (κ3) is 1.78. The van der Waals surface area contributed by atoms with Crippen LogP contribution in [0.15, 0.2) is 24.3 Å². The second-order valence-corrected chi connectivity index (χ2v) is 4.66. The molecular formula is C14H17N3O. The number of likely N-dealkylation sites (N-methyl/N-ethyl adjacent to an activating group) is 1. The van der Waals surface area contributed by atoms with Crippen LogP contribution >= 0.6 is 0 Å². The number of carbonyl (C=O) groups excluding carboxylic acids is 1. The van der Waals surface area contributed by atoms with E-state index in [0.29, 0.717) is 6.54 Å². The van der Waals surface area contributed by atoms with Crippen molar-refractivity contribution in [2.24, 2.45) is 0 Å². The SMILES string of the molecule is CCNC(=O)C1Cc2c([nH]c3ccccc23)CN1. The van der Waals surface area contributed by atoms with E-state index in [0.717, 1.165) is 18.5 Å². The van der Waals surface area contributed by atoms with Crippen LogP contribution in [0, 0.1) is 0 Å². The monoisotopic (exact) mass is 243 g/mol. The molecule has 0 fully saturated rings. The number of H-pyrrole nitrogens is 1. The number of para-hydroxylation sites is 1. The molecule has 1 aliphatic heterocycles. The lowest BCUT2D eigenvalue weighted by atomic mass is 9.98. The predicted molar refractivity (Wildman–Crippen MR) is 71.3 cm³/mol. The molecule has 0 saturated heterocycles. The molecule has 1 aromatic carbocycles. The molecule has 0 spiro atoms. The lowest BCUT2D eigenvalue weighted by Gasteiger charge is -2.23. The third-order valence-electron chi connectivity index (χ3n) is 3.50. The zero-order valence-electron chi connectivity index (χ0n) is 10.4. The third-order valence-corrected chi connectivity index (χ3v) is 3.50. The first-order valence-electron chi connectivity index (χ1n) is 6.39. The van der Waals surface area contributed by atoms with Crippen LogP contribution in [0.3, 0.4) is 0 Å². The number of aromatic amines is 1. The van der Waals surface area contributed by atoms with Gasteiger partial charge in [0.2, 0.25) is 5.91 Å². The zero-order valence-corrected chi connectivity index (χ0v) is 10.4. The van der Waals surface area contributed by atoms with Gasteiger partial charge in [-0.15, -0.1) is 0 Å². The molecule has 1 aliphatic rings. The van der Waals surface area contributed by atoms with Crippen LogP contribution in [0.2, 0.25) is 0 Å². The standard InChI is InChI=1S/C14H17N3O/c1-2-15-14(18)12-7-10-9-5-3-4-6-11(9)17-13(10)8-16-12/h3-6,12,16-17H,2,7-8H2,1H3,(H,15,18). The van der Waals surface area contributed by atoms with E-state index in [1.807, 2.05) is 19.1 Å². The Kier molecular flexibility index (Phi) is 2.80. The number of carbonyl (C=O) groups is 1. The summed E-state index contributed by atoms with van der Waals surface area (Å²) in [7, 11) is 0. The fourth-order valence-corrected chi connectivity index (χ4v) is 2.62. The van der Waals surface area contributed by atoms with Crippen molar-refractivity contribution in [3.05, 3.63) is 35.5 Å². The smallest absolute Gasteiger partial charge is 0.237 e. The molecule has 2 heterocycles. The van der Waals surface area contributed by atoms with Gasteiger partial charge >= 0.3 is 0 Å². The quantitative estimate of drug-likeness (QED) is 0.745. The minimum Gasteiger partial charge on any atom is -0.357 e. The Labute approximate surface area is 106 Å². The van der Waals surface area contributed by atoms with Crippen molar-refractivity contribution in [3.63, 3.8) is 0 Å². The molecule has 0 saturated carbocycles. The number of benzene rings is 1. The van der Waals surface area contributed by atoms with E-state index in [1.54, 1.807) is 0 Å². The van der Waals surface area contributed by atoms with Crippen molar-refractivity contribution < 1.29 is 4.79 Å². The van der Waals surface area contributed by atoms with Crippen LogP contribution in [-0.2, 0) is 17.8 Å². The van der Waals surface area contributed by atoms with Gasteiger partial charge in [-0.05, 0) is 25.0 Å². The van der Waals surface area contributed by atoms with Gasteiger partial charge in [0.25, 0.3) is 0 Å². The molecule has 18 heavy (non-hydrogen) atoms. The molecule has 4 nitrogen and oxygen atoms in total. The summed E-state index contributed by atoms with van der Waals surface area (Å²) in [6.45, 7) is 3.35. The van der Waals surface area contributed by atoms with Crippen molar-refractivity contribution in [2.75, 3.05) is 6.54 Å². The van der Waals surface area contributed by atoms with Gasteiger partial charge < -0.3 is 10.3 Å². The average Bonchev–Trinajstić information content (AvgIpc) is 2.76. The van der Waals surface area contributed by atoms with E-state index in [1.165, 1.54) is 16.6 Å². The maximum absolute atomic E-state index is 11.9. The number of hydrogen-bond donors (Lipinski definition) is 3. The van der Waals surface area contributed by atoms with Gasteiger partial charge in [0, 0.05) is 29.7 Å². The minimum absolute atomic E-state index is 0.0911. The Hall–Kier alpha value is -1.81. The maximum atomic E-state index is 11.9. The molecule has 0 bridgehead atoms. The van der Waals surface area contributed by atoms with Crippen LogP contribution in [-0.4, -0.2) is 23.5 Å². The molecular weight excluding hydrogens is 226 g/mol. The van der Waals surface area contributed by atoms with Gasteiger partial charge in [0.1, 0.15) is 0 Å². The number of aromatic nitrogens is 1. The summed E-state index contributed by atoms with van der Waals surface area (Å²) < 4.78 is 0. The molecule has 3 rings (SSSR count). The molecule has 0 radical (unpaired) electrons. The predicted octanol–water partition coefficient (Wildman–Crippen LogP) is 1.32. The van der Waals surface area contributed by atoms with Gasteiger partial charge in [-0.1, -0.05) is 18.2 Å². The number of fused-ring (bicyclic) bond motifs is 3. The molecule has 0 aliphatic carbocycles. The second kappa shape index (κ2) is 4.46. The molecule has 94 valence electrons. The Balaban J connectivity index is 1.94. The molecule has 2 aromatic rings. The Bertz CT molecular complexity index is 588. The highest BCUT2D eigenvalue weighted by Gasteiger charge is 2.26. The number of amides is 1. The summed E-state index contributed by atoms with van der Waals surface area (Å²) in [5, 5.41) is 7.39. The van der Waals surface area contributed by atoms with Gasteiger partial charge in [0.15, 0.2) is 0 Å². The van der Waals surface area contributed by atoms with Crippen molar-refractivity contribution >= 4 is 16.8 Å². The van der Waals surface area contributed by atoms with E-state index in [4.69, 9.17) is 0 Å². The summed E-state index contributed by atoms with van der Waals surface area (Å²) in [6.07, 6.45) is 0.755. The molecule has 3 N–H and O–H groups in total. The molecule has 1 unspecified atom stereocenters. The highest BCUT2D eigenvalue weighted by atomic mass is 16.2. The Morgan fingerprint density at radius 3 is 3.11 bits per heavy atom. The van der Waals surface area contributed by atoms with Gasteiger partial charge in [-0.3, -0.25) is 10.1 Å². The first-order valence-corrected chi connectivity index (χ1v) is 6.39. The van der Waals surface area contributed by atoms with Gasteiger partial charge in [-0.2, -0.15) is 0 Å².